The van der Waals surface area contributed by atoms with Crippen molar-refractivity contribution in [2.45, 2.75) is 32.1 Å². The molecule has 0 atom stereocenters. The fourth-order valence-electron chi connectivity index (χ4n) is 4.71. The Morgan fingerprint density at radius 3 is 2.52 bits per heavy atom. The van der Waals surface area contributed by atoms with Gasteiger partial charge in [-0.2, -0.15) is 5.10 Å². The first-order valence-corrected chi connectivity index (χ1v) is 8.42. The van der Waals surface area contributed by atoms with Gasteiger partial charge in [-0.05, 0) is 67.9 Å². The molecule has 0 saturated heterocycles. The number of nitrogens with one attached hydrogen (secondary N) is 1. The molecule has 4 saturated carbocycles. The van der Waals surface area contributed by atoms with Crippen LogP contribution in [0.4, 0.5) is 4.39 Å². The first-order chi connectivity index (χ1) is 11.2. The molecule has 1 N–H and O–H groups in total. The molecule has 0 spiro atoms. The number of nitrogens with zero attached hydrogens (tertiary/aromatic N) is 1. The molecular weight excluding hydrogens is 295 g/mol. The topological polar surface area (TPSA) is 50.7 Å². The normalized spacial score (nSPS) is 31.1. The van der Waals surface area contributed by atoms with Gasteiger partial charge in [0.2, 0.25) is 0 Å². The highest BCUT2D eigenvalue weighted by atomic mass is 19.1. The first kappa shape index (κ1) is 14.7. The van der Waals surface area contributed by atoms with Crippen molar-refractivity contribution in [2.24, 2.45) is 28.8 Å². The Morgan fingerprint density at radius 1 is 1.17 bits per heavy atom. The maximum absolute atomic E-state index is 13.0. The van der Waals surface area contributed by atoms with Gasteiger partial charge in [0.05, 0.1) is 0 Å². The lowest BCUT2D eigenvalue weighted by Gasteiger charge is -2.50. The number of rotatable bonds is 4. The SMILES string of the molecule is O=C(COc1cccc(F)c1)NN=C1C2CC3CC(C2)CC1C3. The van der Waals surface area contributed by atoms with Gasteiger partial charge in [-0.1, -0.05) is 6.07 Å². The highest BCUT2D eigenvalue weighted by molar-refractivity contribution is 5.92. The molecule has 4 aliphatic rings. The van der Waals surface area contributed by atoms with Crippen molar-refractivity contribution in [1.29, 1.82) is 0 Å². The van der Waals surface area contributed by atoms with E-state index >= 15 is 0 Å². The number of carbonyl (C=O) groups excluding carboxylic acids is 1. The number of halogens is 1. The standard InChI is InChI=1S/C18H21FN2O2/c19-15-2-1-3-16(9-15)23-10-17(22)20-21-18-13-5-11-4-12(7-13)8-14(18)6-11/h1-3,9,11-14H,4-8,10H2,(H,20,22). The lowest BCUT2D eigenvalue weighted by Crippen LogP contribution is -2.46. The second-order valence-electron chi connectivity index (χ2n) is 7.12. The van der Waals surface area contributed by atoms with Crippen molar-refractivity contribution >= 4 is 11.6 Å². The Hall–Kier alpha value is -1.91. The summed E-state index contributed by atoms with van der Waals surface area (Å²) in [5, 5.41) is 4.42. The maximum atomic E-state index is 13.0. The molecule has 1 aromatic carbocycles. The predicted molar refractivity (Wildman–Crippen MR) is 84.5 cm³/mol. The molecule has 4 nitrogen and oxygen atoms in total. The Labute approximate surface area is 135 Å². The van der Waals surface area contributed by atoms with E-state index in [-0.39, 0.29) is 18.3 Å². The van der Waals surface area contributed by atoms with Gasteiger partial charge in [0.25, 0.3) is 5.91 Å². The summed E-state index contributed by atoms with van der Waals surface area (Å²) in [6.07, 6.45) is 6.35. The number of ether oxygens (including phenoxy) is 1. The van der Waals surface area contributed by atoms with Crippen molar-refractivity contribution in [1.82, 2.24) is 5.43 Å². The molecule has 4 bridgehead atoms. The van der Waals surface area contributed by atoms with Crippen LogP contribution in [0.3, 0.4) is 0 Å². The summed E-state index contributed by atoms with van der Waals surface area (Å²) in [6, 6.07) is 5.78. The molecule has 0 heterocycles. The monoisotopic (exact) mass is 316 g/mol. The van der Waals surface area contributed by atoms with Crippen LogP contribution in [0.15, 0.2) is 29.4 Å². The van der Waals surface area contributed by atoms with Crippen LogP contribution < -0.4 is 10.2 Å². The Kier molecular flexibility index (Phi) is 3.79. The molecule has 0 radical (unpaired) electrons. The zero-order chi connectivity index (χ0) is 15.8. The zero-order valence-corrected chi connectivity index (χ0v) is 13.0. The molecule has 0 unspecified atom stereocenters. The van der Waals surface area contributed by atoms with Gasteiger partial charge in [-0.15, -0.1) is 0 Å². The van der Waals surface area contributed by atoms with Crippen LogP contribution in [-0.2, 0) is 4.79 Å². The summed E-state index contributed by atoms with van der Waals surface area (Å²) >= 11 is 0. The average molecular weight is 316 g/mol. The van der Waals surface area contributed by atoms with Crippen molar-refractivity contribution in [2.75, 3.05) is 6.61 Å². The molecule has 23 heavy (non-hydrogen) atoms. The average Bonchev–Trinajstić information content (AvgIpc) is 2.52. The number of amides is 1. The minimum absolute atomic E-state index is 0.152. The highest BCUT2D eigenvalue weighted by Crippen LogP contribution is 2.52. The van der Waals surface area contributed by atoms with E-state index in [4.69, 9.17) is 4.74 Å². The Balaban J connectivity index is 1.33. The van der Waals surface area contributed by atoms with Crippen molar-refractivity contribution in [3.8, 4) is 5.75 Å². The van der Waals surface area contributed by atoms with Crippen molar-refractivity contribution in [3.63, 3.8) is 0 Å². The lowest BCUT2D eigenvalue weighted by atomic mass is 9.55. The molecule has 4 fully saturated rings. The van der Waals surface area contributed by atoms with Crippen LogP contribution in [-0.4, -0.2) is 18.2 Å². The molecule has 1 amide bonds. The van der Waals surface area contributed by atoms with Gasteiger partial charge >= 0.3 is 0 Å². The molecular formula is C18H21FN2O2. The summed E-state index contributed by atoms with van der Waals surface area (Å²) in [7, 11) is 0. The number of hydrogen-bond acceptors (Lipinski definition) is 3. The van der Waals surface area contributed by atoms with Gasteiger partial charge in [-0.3, -0.25) is 4.79 Å². The smallest absolute Gasteiger partial charge is 0.277 e. The zero-order valence-electron chi connectivity index (χ0n) is 13.0. The third-order valence-electron chi connectivity index (χ3n) is 5.45. The van der Waals surface area contributed by atoms with Crippen molar-refractivity contribution in [3.05, 3.63) is 30.1 Å². The minimum Gasteiger partial charge on any atom is -0.484 e. The lowest BCUT2D eigenvalue weighted by molar-refractivity contribution is -0.123. The first-order valence-electron chi connectivity index (χ1n) is 8.42. The minimum atomic E-state index is -0.378. The number of benzene rings is 1. The van der Waals surface area contributed by atoms with E-state index in [1.165, 1.54) is 49.9 Å². The van der Waals surface area contributed by atoms with Crippen LogP contribution in [0.1, 0.15) is 32.1 Å². The van der Waals surface area contributed by atoms with Gasteiger partial charge in [0.15, 0.2) is 6.61 Å². The van der Waals surface area contributed by atoms with E-state index < -0.39 is 0 Å². The molecule has 0 aromatic heterocycles. The quantitative estimate of drug-likeness (QED) is 0.868. The summed E-state index contributed by atoms with van der Waals surface area (Å²) < 4.78 is 18.3. The van der Waals surface area contributed by atoms with Crippen LogP contribution in [0.25, 0.3) is 0 Å². The number of carbonyl (C=O) groups is 1. The third-order valence-corrected chi connectivity index (χ3v) is 5.45. The molecule has 5 rings (SSSR count). The molecule has 5 heteroatoms. The van der Waals surface area contributed by atoms with Gasteiger partial charge in [0, 0.05) is 11.8 Å². The van der Waals surface area contributed by atoms with Gasteiger partial charge in [0.1, 0.15) is 11.6 Å². The number of hydrogen-bond donors (Lipinski definition) is 1. The summed E-state index contributed by atoms with van der Waals surface area (Å²) in [5.41, 5.74) is 3.82. The molecule has 122 valence electrons. The predicted octanol–water partition coefficient (Wildman–Crippen LogP) is 3.13. The van der Waals surface area contributed by atoms with Gasteiger partial charge < -0.3 is 4.74 Å². The fraction of sp³-hybridized carbons (Fsp3) is 0.556. The van der Waals surface area contributed by atoms with E-state index in [1.807, 2.05) is 0 Å². The van der Waals surface area contributed by atoms with Crippen LogP contribution >= 0.6 is 0 Å². The second-order valence-corrected chi connectivity index (χ2v) is 7.12. The molecule has 0 aliphatic heterocycles. The molecule has 1 aromatic rings. The van der Waals surface area contributed by atoms with E-state index in [9.17, 15) is 9.18 Å². The summed E-state index contributed by atoms with van der Waals surface area (Å²) in [4.78, 5) is 11.9. The van der Waals surface area contributed by atoms with Crippen LogP contribution in [0.5, 0.6) is 5.75 Å². The van der Waals surface area contributed by atoms with Crippen LogP contribution in [0, 0.1) is 29.5 Å². The summed E-state index contributed by atoms with van der Waals surface area (Å²) in [5.74, 6) is 2.56. The van der Waals surface area contributed by atoms with Crippen LogP contribution in [0.2, 0.25) is 0 Å². The number of hydrazone groups is 1. The van der Waals surface area contributed by atoms with E-state index in [1.54, 1.807) is 12.1 Å². The second kappa shape index (κ2) is 5.95. The van der Waals surface area contributed by atoms with E-state index in [0.29, 0.717) is 17.6 Å². The van der Waals surface area contributed by atoms with Gasteiger partial charge in [-0.25, -0.2) is 9.82 Å². The summed E-state index contributed by atoms with van der Waals surface area (Å²) in [6.45, 7) is -0.152. The van der Waals surface area contributed by atoms with E-state index in [2.05, 4.69) is 10.5 Å². The highest BCUT2D eigenvalue weighted by Gasteiger charge is 2.46. The molecule has 4 aliphatic carbocycles. The maximum Gasteiger partial charge on any atom is 0.277 e. The Morgan fingerprint density at radius 2 is 1.87 bits per heavy atom. The van der Waals surface area contributed by atoms with E-state index in [0.717, 1.165) is 11.8 Å². The third kappa shape index (κ3) is 3.09. The van der Waals surface area contributed by atoms with Crippen molar-refractivity contribution < 1.29 is 13.9 Å². The fourth-order valence-corrected chi connectivity index (χ4v) is 4.71. The Bertz CT molecular complexity index is 614. The largest absolute Gasteiger partial charge is 0.484 e.